The van der Waals surface area contributed by atoms with Crippen molar-refractivity contribution in [1.29, 1.82) is 0 Å². The van der Waals surface area contributed by atoms with Gasteiger partial charge < -0.3 is 10.2 Å². The Labute approximate surface area is 203 Å². The van der Waals surface area contributed by atoms with Gasteiger partial charge in [-0.3, -0.25) is 4.98 Å². The highest BCUT2D eigenvalue weighted by Crippen LogP contribution is 2.34. The Morgan fingerprint density at radius 2 is 1.79 bits per heavy atom. The lowest BCUT2D eigenvalue weighted by molar-refractivity contribution is 0.320. The fourth-order valence-corrected chi connectivity index (χ4v) is 5.34. The zero-order chi connectivity index (χ0) is 23.3. The molecule has 3 aromatic carbocycles. The third-order valence-corrected chi connectivity index (χ3v) is 7.15. The molecule has 3 nitrogen and oxygen atoms in total. The predicted molar refractivity (Wildman–Crippen MR) is 143 cm³/mol. The molecule has 0 amide bonds. The molecule has 0 radical (unpaired) electrons. The molecule has 172 valence electrons. The minimum absolute atomic E-state index is 0.185. The lowest BCUT2D eigenvalue weighted by atomic mass is 10.0. The standard InChI is InChI=1S/C29H28FN3S/c1-33(17-5-4-15-31-28-14-16-32-27-7-3-2-6-24(27)28)19-21-8-10-22(11-9-21)26-20-34-29-13-12-23(30)18-25(26)29/h2-3,6-14,16,18,20H,4-5,15,17,19H2,1H3,(H,31,32). The summed E-state index contributed by atoms with van der Waals surface area (Å²) in [5.41, 5.74) is 5.71. The zero-order valence-corrected chi connectivity index (χ0v) is 20.1. The van der Waals surface area contributed by atoms with Crippen LogP contribution < -0.4 is 5.32 Å². The van der Waals surface area contributed by atoms with Crippen LogP contribution in [0, 0.1) is 5.82 Å². The fraction of sp³-hybridized carbons (Fsp3) is 0.207. The van der Waals surface area contributed by atoms with Gasteiger partial charge in [0, 0.05) is 46.0 Å². The number of pyridine rings is 1. The number of fused-ring (bicyclic) bond motifs is 2. The van der Waals surface area contributed by atoms with Crippen molar-refractivity contribution in [2.75, 3.05) is 25.5 Å². The molecule has 1 N–H and O–H groups in total. The van der Waals surface area contributed by atoms with Gasteiger partial charge in [0.1, 0.15) is 5.82 Å². The number of thiophene rings is 1. The van der Waals surface area contributed by atoms with Crippen molar-refractivity contribution in [2.24, 2.45) is 0 Å². The Bertz CT molecular complexity index is 1390. The van der Waals surface area contributed by atoms with Crippen LogP contribution in [0.2, 0.25) is 0 Å². The van der Waals surface area contributed by atoms with Gasteiger partial charge in [-0.25, -0.2) is 4.39 Å². The van der Waals surface area contributed by atoms with E-state index in [9.17, 15) is 4.39 Å². The van der Waals surface area contributed by atoms with Crippen molar-refractivity contribution >= 4 is 38.0 Å². The number of hydrogen-bond donors (Lipinski definition) is 1. The second-order valence-electron chi connectivity index (χ2n) is 8.73. The average molecular weight is 470 g/mol. The second kappa shape index (κ2) is 10.3. The molecule has 0 aliphatic heterocycles. The maximum atomic E-state index is 13.7. The lowest BCUT2D eigenvalue weighted by Crippen LogP contribution is -2.19. The summed E-state index contributed by atoms with van der Waals surface area (Å²) in [5, 5.41) is 7.85. The molecule has 0 fully saturated rings. The van der Waals surface area contributed by atoms with Crippen LogP contribution in [0.15, 0.2) is 84.4 Å². The van der Waals surface area contributed by atoms with Gasteiger partial charge in [0.25, 0.3) is 0 Å². The van der Waals surface area contributed by atoms with Gasteiger partial charge in [-0.05, 0) is 73.3 Å². The maximum absolute atomic E-state index is 13.7. The Balaban J connectivity index is 1.10. The summed E-state index contributed by atoms with van der Waals surface area (Å²) < 4.78 is 14.8. The number of unbranched alkanes of at least 4 members (excludes halogenated alkanes) is 1. The topological polar surface area (TPSA) is 28.2 Å². The van der Waals surface area contributed by atoms with E-state index in [0.29, 0.717) is 0 Å². The molecule has 5 rings (SSSR count). The van der Waals surface area contributed by atoms with Gasteiger partial charge >= 0.3 is 0 Å². The molecular formula is C29H28FN3S. The highest BCUT2D eigenvalue weighted by molar-refractivity contribution is 7.17. The van der Waals surface area contributed by atoms with E-state index in [4.69, 9.17) is 0 Å². The van der Waals surface area contributed by atoms with E-state index in [1.54, 1.807) is 17.4 Å². The summed E-state index contributed by atoms with van der Waals surface area (Å²) in [6.07, 6.45) is 4.11. The summed E-state index contributed by atoms with van der Waals surface area (Å²) in [4.78, 5) is 6.79. The Kier molecular flexibility index (Phi) is 6.84. The molecule has 0 atom stereocenters. The van der Waals surface area contributed by atoms with Gasteiger partial charge in [0.2, 0.25) is 0 Å². The first kappa shape index (κ1) is 22.5. The molecule has 0 aliphatic rings. The minimum atomic E-state index is -0.185. The molecule has 5 heteroatoms. The van der Waals surface area contributed by atoms with Crippen molar-refractivity contribution in [3.8, 4) is 11.1 Å². The molecule has 0 spiro atoms. The third kappa shape index (κ3) is 5.11. The number of aromatic nitrogens is 1. The molecule has 0 bridgehead atoms. The summed E-state index contributed by atoms with van der Waals surface area (Å²) >= 11 is 1.66. The van der Waals surface area contributed by atoms with Gasteiger partial charge in [-0.1, -0.05) is 42.5 Å². The van der Waals surface area contributed by atoms with Gasteiger partial charge in [0.05, 0.1) is 5.52 Å². The van der Waals surface area contributed by atoms with E-state index in [-0.39, 0.29) is 5.82 Å². The van der Waals surface area contributed by atoms with Crippen LogP contribution in [0.1, 0.15) is 18.4 Å². The summed E-state index contributed by atoms with van der Waals surface area (Å²) in [6.45, 7) is 2.92. The summed E-state index contributed by atoms with van der Waals surface area (Å²) in [6, 6.07) is 24.0. The number of benzene rings is 3. The highest BCUT2D eigenvalue weighted by atomic mass is 32.1. The average Bonchev–Trinajstić information content (AvgIpc) is 3.27. The number of nitrogens with one attached hydrogen (secondary N) is 1. The third-order valence-electron chi connectivity index (χ3n) is 6.18. The normalized spacial score (nSPS) is 11.5. The number of rotatable bonds is 9. The largest absolute Gasteiger partial charge is 0.384 e. The first-order chi connectivity index (χ1) is 16.7. The molecule has 0 aliphatic carbocycles. The molecule has 34 heavy (non-hydrogen) atoms. The van der Waals surface area contributed by atoms with Crippen molar-refractivity contribution in [2.45, 2.75) is 19.4 Å². The molecule has 0 saturated carbocycles. The Morgan fingerprint density at radius 3 is 2.68 bits per heavy atom. The van der Waals surface area contributed by atoms with E-state index in [1.165, 1.54) is 17.0 Å². The van der Waals surface area contributed by atoms with E-state index in [1.807, 2.05) is 30.5 Å². The minimum Gasteiger partial charge on any atom is -0.384 e. The summed E-state index contributed by atoms with van der Waals surface area (Å²) in [7, 11) is 2.17. The van der Waals surface area contributed by atoms with Crippen LogP contribution in [0.5, 0.6) is 0 Å². The molecule has 0 unspecified atom stereocenters. The van der Waals surface area contributed by atoms with Crippen molar-refractivity contribution in [3.05, 3.63) is 95.8 Å². The number of para-hydroxylation sites is 1. The van der Waals surface area contributed by atoms with E-state index >= 15 is 0 Å². The van der Waals surface area contributed by atoms with Crippen LogP contribution in [0.25, 0.3) is 32.1 Å². The number of nitrogens with zero attached hydrogens (tertiary/aromatic N) is 2. The second-order valence-corrected chi connectivity index (χ2v) is 9.65. The van der Waals surface area contributed by atoms with Crippen LogP contribution in [0.4, 0.5) is 10.1 Å². The van der Waals surface area contributed by atoms with Crippen molar-refractivity contribution in [1.82, 2.24) is 9.88 Å². The van der Waals surface area contributed by atoms with Crippen molar-refractivity contribution < 1.29 is 4.39 Å². The molecule has 5 aromatic rings. The quantitative estimate of drug-likeness (QED) is 0.226. The predicted octanol–water partition coefficient (Wildman–Crippen LogP) is 7.58. The lowest BCUT2D eigenvalue weighted by Gasteiger charge is -2.17. The monoisotopic (exact) mass is 469 g/mol. The number of halogens is 1. The molecule has 2 heterocycles. The number of anilines is 1. The van der Waals surface area contributed by atoms with Gasteiger partial charge in [-0.15, -0.1) is 11.3 Å². The first-order valence-electron chi connectivity index (χ1n) is 11.7. The number of hydrogen-bond acceptors (Lipinski definition) is 4. The van der Waals surface area contributed by atoms with Crippen LogP contribution in [0.3, 0.4) is 0 Å². The van der Waals surface area contributed by atoms with E-state index in [0.717, 1.165) is 64.9 Å². The molecule has 2 aromatic heterocycles. The van der Waals surface area contributed by atoms with Crippen LogP contribution in [-0.2, 0) is 6.54 Å². The summed E-state index contributed by atoms with van der Waals surface area (Å²) in [5.74, 6) is -0.185. The van der Waals surface area contributed by atoms with E-state index in [2.05, 4.69) is 64.0 Å². The Hall–Kier alpha value is -3.28. The fourth-order valence-electron chi connectivity index (χ4n) is 4.39. The van der Waals surface area contributed by atoms with Crippen molar-refractivity contribution in [3.63, 3.8) is 0 Å². The van der Waals surface area contributed by atoms with E-state index < -0.39 is 0 Å². The first-order valence-corrected chi connectivity index (χ1v) is 12.6. The SMILES string of the molecule is CN(CCCCNc1ccnc2ccccc12)Cc1ccc(-c2csc3ccc(F)cc23)cc1. The molecular weight excluding hydrogens is 441 g/mol. The van der Waals surface area contributed by atoms with Crippen LogP contribution >= 0.6 is 11.3 Å². The zero-order valence-electron chi connectivity index (χ0n) is 19.3. The van der Waals surface area contributed by atoms with Gasteiger partial charge in [-0.2, -0.15) is 0 Å². The maximum Gasteiger partial charge on any atom is 0.123 e. The Morgan fingerprint density at radius 1 is 0.941 bits per heavy atom. The van der Waals surface area contributed by atoms with Crippen LogP contribution in [-0.4, -0.2) is 30.0 Å². The van der Waals surface area contributed by atoms with Gasteiger partial charge in [0.15, 0.2) is 0 Å². The smallest absolute Gasteiger partial charge is 0.123 e. The molecule has 0 saturated heterocycles. The highest BCUT2D eigenvalue weighted by Gasteiger charge is 2.08.